The summed E-state index contributed by atoms with van der Waals surface area (Å²) in [4.78, 5) is 12.5. The number of hydrogen-bond acceptors (Lipinski definition) is 2. The molecule has 0 bridgehead atoms. The molecule has 0 aliphatic rings. The van der Waals surface area contributed by atoms with Crippen LogP contribution in [-0.4, -0.2) is 4.98 Å². The third kappa shape index (κ3) is 1.41. The molecular formula is C6H5F3N2O. The van der Waals surface area contributed by atoms with Gasteiger partial charge in [0.25, 0.3) is 12.0 Å². The van der Waals surface area contributed by atoms with Gasteiger partial charge in [0.2, 0.25) is 0 Å². The van der Waals surface area contributed by atoms with E-state index in [1.807, 2.05) is 4.98 Å². The molecule has 0 saturated carbocycles. The molecule has 0 aliphatic carbocycles. The number of pyridine rings is 1. The first-order valence-electron chi connectivity index (χ1n) is 2.98. The molecule has 3 N–H and O–H groups in total. The minimum atomic E-state index is -3.13. The van der Waals surface area contributed by atoms with E-state index in [1.165, 1.54) is 0 Å². The lowest BCUT2D eigenvalue weighted by Crippen LogP contribution is -2.16. The van der Waals surface area contributed by atoms with E-state index in [0.29, 0.717) is 6.07 Å². The van der Waals surface area contributed by atoms with Gasteiger partial charge in [0.15, 0.2) is 0 Å². The summed E-state index contributed by atoms with van der Waals surface area (Å²) in [6, 6.07) is 0.642. The fraction of sp³-hybridized carbons (Fsp3) is 0.167. The Hall–Kier alpha value is -1.46. The van der Waals surface area contributed by atoms with Crippen LogP contribution in [0.25, 0.3) is 0 Å². The van der Waals surface area contributed by atoms with Crippen LogP contribution in [-0.2, 0) is 0 Å². The van der Waals surface area contributed by atoms with Crippen molar-refractivity contribution in [3.63, 3.8) is 0 Å². The molecule has 1 aromatic heterocycles. The van der Waals surface area contributed by atoms with E-state index < -0.39 is 23.4 Å². The first-order chi connectivity index (χ1) is 5.52. The van der Waals surface area contributed by atoms with Crippen LogP contribution in [0.3, 0.4) is 0 Å². The molecule has 6 heteroatoms. The molecule has 0 spiro atoms. The predicted molar refractivity (Wildman–Crippen MR) is 36.4 cm³/mol. The molecule has 0 radical (unpaired) electrons. The highest BCUT2D eigenvalue weighted by molar-refractivity contribution is 5.31. The van der Waals surface area contributed by atoms with E-state index in [9.17, 15) is 18.0 Å². The second kappa shape index (κ2) is 2.88. The van der Waals surface area contributed by atoms with Gasteiger partial charge in [-0.3, -0.25) is 4.79 Å². The van der Waals surface area contributed by atoms with Gasteiger partial charge >= 0.3 is 0 Å². The first-order valence-corrected chi connectivity index (χ1v) is 2.98. The maximum absolute atomic E-state index is 12.6. The van der Waals surface area contributed by atoms with Gasteiger partial charge in [-0.25, -0.2) is 13.2 Å². The standard InChI is InChI=1S/C6H5F3N2O/c7-2-1-3(10)11-6(12)4(2)5(8)9/h1,5H,(H3,10,11,12). The Morgan fingerprint density at radius 1 is 1.50 bits per heavy atom. The van der Waals surface area contributed by atoms with Crippen LogP contribution >= 0.6 is 0 Å². The summed E-state index contributed by atoms with van der Waals surface area (Å²) in [6.45, 7) is 0. The fourth-order valence-corrected chi connectivity index (χ4v) is 0.761. The monoisotopic (exact) mass is 178 g/mol. The average Bonchev–Trinajstić information content (AvgIpc) is 1.82. The molecule has 0 saturated heterocycles. The second-order valence-corrected chi connectivity index (χ2v) is 2.12. The van der Waals surface area contributed by atoms with Crippen molar-refractivity contribution in [1.29, 1.82) is 0 Å². The summed E-state index contributed by atoms with van der Waals surface area (Å²) in [7, 11) is 0. The first kappa shape index (κ1) is 8.63. The molecule has 0 unspecified atom stereocenters. The van der Waals surface area contributed by atoms with Gasteiger partial charge in [0, 0.05) is 6.07 Å². The molecule has 3 nitrogen and oxygen atoms in total. The molecular weight excluding hydrogens is 173 g/mol. The summed E-state index contributed by atoms with van der Waals surface area (Å²) < 4.78 is 36.4. The predicted octanol–water partition coefficient (Wildman–Crippen LogP) is 1.03. The Morgan fingerprint density at radius 3 is 2.50 bits per heavy atom. The van der Waals surface area contributed by atoms with Gasteiger partial charge in [0.1, 0.15) is 17.2 Å². The molecule has 0 atom stereocenters. The lowest BCUT2D eigenvalue weighted by Gasteiger charge is -2.00. The van der Waals surface area contributed by atoms with Crippen molar-refractivity contribution >= 4 is 5.82 Å². The Balaban J connectivity index is 3.39. The number of anilines is 1. The van der Waals surface area contributed by atoms with Crippen molar-refractivity contribution < 1.29 is 13.2 Å². The number of rotatable bonds is 1. The molecule has 66 valence electrons. The van der Waals surface area contributed by atoms with Crippen LogP contribution in [0.4, 0.5) is 19.0 Å². The molecule has 0 fully saturated rings. The number of nitrogens with two attached hydrogens (primary N) is 1. The maximum atomic E-state index is 12.6. The maximum Gasteiger partial charge on any atom is 0.272 e. The molecule has 1 heterocycles. The highest BCUT2D eigenvalue weighted by atomic mass is 19.3. The minimum Gasteiger partial charge on any atom is -0.385 e. The normalized spacial score (nSPS) is 10.7. The van der Waals surface area contributed by atoms with Crippen molar-refractivity contribution in [3.05, 3.63) is 27.8 Å². The molecule has 0 aliphatic heterocycles. The van der Waals surface area contributed by atoms with Gasteiger partial charge in [-0.1, -0.05) is 0 Å². The number of hydrogen-bond donors (Lipinski definition) is 2. The van der Waals surface area contributed by atoms with E-state index in [-0.39, 0.29) is 5.82 Å². The zero-order valence-corrected chi connectivity index (χ0v) is 5.77. The van der Waals surface area contributed by atoms with E-state index in [0.717, 1.165) is 0 Å². The number of alkyl halides is 2. The van der Waals surface area contributed by atoms with Crippen LogP contribution in [0.2, 0.25) is 0 Å². The summed E-state index contributed by atoms with van der Waals surface area (Å²) >= 11 is 0. The smallest absolute Gasteiger partial charge is 0.272 e. The third-order valence-corrected chi connectivity index (χ3v) is 1.26. The quantitative estimate of drug-likeness (QED) is 0.674. The Morgan fingerprint density at radius 2 is 2.08 bits per heavy atom. The van der Waals surface area contributed by atoms with Crippen molar-refractivity contribution in [3.8, 4) is 0 Å². The largest absolute Gasteiger partial charge is 0.385 e. The van der Waals surface area contributed by atoms with Crippen molar-refractivity contribution in [2.45, 2.75) is 6.43 Å². The molecule has 0 aromatic carbocycles. The lowest BCUT2D eigenvalue weighted by atomic mass is 10.2. The van der Waals surface area contributed by atoms with E-state index in [1.54, 1.807) is 0 Å². The van der Waals surface area contributed by atoms with Crippen LogP contribution in [0, 0.1) is 5.82 Å². The summed E-state index contributed by atoms with van der Waals surface area (Å²) in [6.07, 6.45) is -3.13. The zero-order valence-electron chi connectivity index (χ0n) is 5.77. The Kier molecular flexibility index (Phi) is 2.07. The Labute approximate surface area is 65.0 Å². The van der Waals surface area contributed by atoms with Crippen molar-refractivity contribution in [1.82, 2.24) is 4.98 Å². The molecule has 1 rings (SSSR count). The van der Waals surface area contributed by atoms with Crippen LogP contribution in [0.15, 0.2) is 10.9 Å². The summed E-state index contributed by atoms with van der Waals surface area (Å²) in [5.41, 5.74) is 2.62. The lowest BCUT2D eigenvalue weighted by molar-refractivity contribution is 0.144. The van der Waals surface area contributed by atoms with E-state index in [4.69, 9.17) is 5.73 Å². The third-order valence-electron chi connectivity index (χ3n) is 1.26. The van der Waals surface area contributed by atoms with Gasteiger partial charge in [-0.2, -0.15) is 0 Å². The fourth-order valence-electron chi connectivity index (χ4n) is 0.761. The van der Waals surface area contributed by atoms with Gasteiger partial charge in [0.05, 0.1) is 0 Å². The molecule has 0 amide bonds. The second-order valence-electron chi connectivity index (χ2n) is 2.12. The number of nitrogen functional groups attached to an aromatic ring is 1. The van der Waals surface area contributed by atoms with Gasteiger partial charge in [-0.15, -0.1) is 0 Å². The number of halogens is 3. The number of nitrogens with one attached hydrogen (secondary N) is 1. The number of H-pyrrole nitrogens is 1. The van der Waals surface area contributed by atoms with Gasteiger partial charge in [-0.05, 0) is 0 Å². The van der Waals surface area contributed by atoms with E-state index >= 15 is 0 Å². The molecule has 1 aromatic rings. The van der Waals surface area contributed by atoms with Crippen LogP contribution < -0.4 is 11.3 Å². The average molecular weight is 178 g/mol. The summed E-state index contributed by atoms with van der Waals surface area (Å²) in [5, 5.41) is 0. The van der Waals surface area contributed by atoms with Crippen LogP contribution in [0.5, 0.6) is 0 Å². The Bertz CT molecular complexity index is 347. The number of aromatic amines is 1. The van der Waals surface area contributed by atoms with E-state index in [2.05, 4.69) is 0 Å². The highest BCUT2D eigenvalue weighted by Crippen LogP contribution is 2.18. The van der Waals surface area contributed by atoms with Crippen molar-refractivity contribution in [2.24, 2.45) is 0 Å². The van der Waals surface area contributed by atoms with Gasteiger partial charge < -0.3 is 10.7 Å². The van der Waals surface area contributed by atoms with Crippen molar-refractivity contribution in [2.75, 3.05) is 5.73 Å². The summed E-state index contributed by atoms with van der Waals surface area (Å²) in [5.74, 6) is -1.56. The number of aromatic nitrogens is 1. The highest BCUT2D eigenvalue weighted by Gasteiger charge is 2.18. The zero-order chi connectivity index (χ0) is 9.30. The SMILES string of the molecule is Nc1cc(F)c(C(F)F)c(=O)[nH]1. The topological polar surface area (TPSA) is 58.9 Å². The molecule has 12 heavy (non-hydrogen) atoms. The van der Waals surface area contributed by atoms with Crippen LogP contribution in [0.1, 0.15) is 12.0 Å². The minimum absolute atomic E-state index is 0.276.